The van der Waals surface area contributed by atoms with Crippen molar-refractivity contribution in [2.24, 2.45) is 16.5 Å². The smallest absolute Gasteiger partial charge is 0.396 e. The van der Waals surface area contributed by atoms with E-state index in [9.17, 15) is 18.0 Å². The Kier molecular flexibility index (Phi) is 4.95. The highest BCUT2D eigenvalue weighted by atomic mass is 19.4. The maximum atomic E-state index is 13.1. The van der Waals surface area contributed by atoms with Gasteiger partial charge < -0.3 is 16.6 Å². The van der Waals surface area contributed by atoms with E-state index in [-0.39, 0.29) is 11.1 Å². The van der Waals surface area contributed by atoms with Crippen molar-refractivity contribution in [3.05, 3.63) is 34.4 Å². The number of nitrogens with zero attached hydrogens (tertiary/aromatic N) is 1. The Morgan fingerprint density at radius 3 is 2.38 bits per heavy atom. The standard InChI is InChI=1S/C13H16F3N3O2/c1-6-3-8(7(2)5-20)10(13(14,15)16)4-9(6)11(21)19-12(17)18/h3-4,7,20H,5H2,1-2H3,(H4,17,18,19,21). The van der Waals surface area contributed by atoms with E-state index in [1.165, 1.54) is 19.9 Å². The van der Waals surface area contributed by atoms with E-state index in [1.807, 2.05) is 0 Å². The van der Waals surface area contributed by atoms with Gasteiger partial charge in [0.2, 0.25) is 0 Å². The van der Waals surface area contributed by atoms with E-state index < -0.39 is 36.1 Å². The number of nitrogens with two attached hydrogens (primary N) is 2. The molecule has 0 fully saturated rings. The van der Waals surface area contributed by atoms with E-state index in [1.54, 1.807) is 0 Å². The Hall–Kier alpha value is -2.09. The molecule has 1 aromatic carbocycles. The number of guanidine groups is 1. The molecule has 21 heavy (non-hydrogen) atoms. The average Bonchev–Trinajstić information content (AvgIpc) is 2.34. The zero-order chi connectivity index (χ0) is 16.4. The number of benzene rings is 1. The molecule has 0 bridgehead atoms. The average molecular weight is 303 g/mol. The molecule has 0 aliphatic heterocycles. The fourth-order valence-electron chi connectivity index (χ4n) is 1.89. The molecule has 5 nitrogen and oxygen atoms in total. The van der Waals surface area contributed by atoms with E-state index >= 15 is 0 Å². The number of aliphatic hydroxyl groups excluding tert-OH is 1. The van der Waals surface area contributed by atoms with E-state index in [2.05, 4.69) is 4.99 Å². The van der Waals surface area contributed by atoms with Gasteiger partial charge in [-0.25, -0.2) is 0 Å². The number of aryl methyl sites for hydroxylation is 1. The number of hydrogen-bond donors (Lipinski definition) is 3. The van der Waals surface area contributed by atoms with Gasteiger partial charge in [0.15, 0.2) is 5.96 Å². The molecule has 0 aromatic heterocycles. The Labute approximate surface area is 119 Å². The van der Waals surface area contributed by atoms with Crippen molar-refractivity contribution in [1.29, 1.82) is 0 Å². The summed E-state index contributed by atoms with van der Waals surface area (Å²) < 4.78 is 39.3. The number of aliphatic hydroxyl groups is 1. The van der Waals surface area contributed by atoms with Gasteiger partial charge in [0.25, 0.3) is 5.91 Å². The predicted molar refractivity (Wildman–Crippen MR) is 71.8 cm³/mol. The molecule has 0 saturated heterocycles. The first-order valence-corrected chi connectivity index (χ1v) is 6.04. The van der Waals surface area contributed by atoms with Crippen molar-refractivity contribution in [2.75, 3.05) is 6.61 Å². The molecular formula is C13H16F3N3O2. The number of aliphatic imine (C=N–C) groups is 1. The molecule has 5 N–H and O–H groups in total. The van der Waals surface area contributed by atoms with Crippen LogP contribution in [0, 0.1) is 6.92 Å². The Bertz CT molecular complexity index is 579. The third-order valence-electron chi connectivity index (χ3n) is 2.97. The minimum atomic E-state index is -4.65. The second-order valence-corrected chi connectivity index (χ2v) is 4.68. The van der Waals surface area contributed by atoms with Crippen molar-refractivity contribution in [1.82, 2.24) is 0 Å². The second kappa shape index (κ2) is 6.13. The summed E-state index contributed by atoms with van der Waals surface area (Å²) in [6.45, 7) is 2.49. The number of halogens is 3. The summed E-state index contributed by atoms with van der Waals surface area (Å²) in [6.07, 6.45) is -4.65. The highest BCUT2D eigenvalue weighted by Crippen LogP contribution is 2.37. The molecule has 0 heterocycles. The molecule has 0 saturated carbocycles. The van der Waals surface area contributed by atoms with Crippen molar-refractivity contribution in [3.8, 4) is 0 Å². The maximum Gasteiger partial charge on any atom is 0.416 e. The third kappa shape index (κ3) is 3.94. The first kappa shape index (κ1) is 17.0. The van der Waals surface area contributed by atoms with Crippen molar-refractivity contribution in [3.63, 3.8) is 0 Å². The van der Waals surface area contributed by atoms with Gasteiger partial charge in [0.05, 0.1) is 5.56 Å². The molecule has 0 aliphatic rings. The molecule has 116 valence electrons. The molecule has 0 radical (unpaired) electrons. The van der Waals surface area contributed by atoms with Gasteiger partial charge in [-0.3, -0.25) is 4.79 Å². The van der Waals surface area contributed by atoms with Crippen molar-refractivity contribution < 1.29 is 23.1 Å². The largest absolute Gasteiger partial charge is 0.416 e. The van der Waals surface area contributed by atoms with E-state index in [4.69, 9.17) is 16.6 Å². The van der Waals surface area contributed by atoms with Crippen LogP contribution in [0.4, 0.5) is 13.2 Å². The molecule has 1 amide bonds. The minimum absolute atomic E-state index is 0.0799. The van der Waals surface area contributed by atoms with Crippen LogP contribution in [-0.4, -0.2) is 23.6 Å². The van der Waals surface area contributed by atoms with Crippen LogP contribution in [-0.2, 0) is 6.18 Å². The van der Waals surface area contributed by atoms with E-state index in [0.717, 1.165) is 0 Å². The van der Waals surface area contributed by atoms with Crippen LogP contribution in [0.1, 0.15) is 39.9 Å². The number of rotatable bonds is 3. The fraction of sp³-hybridized carbons (Fsp3) is 0.385. The van der Waals surface area contributed by atoms with Crippen molar-refractivity contribution in [2.45, 2.75) is 25.9 Å². The topological polar surface area (TPSA) is 102 Å². The fourth-order valence-corrected chi connectivity index (χ4v) is 1.89. The summed E-state index contributed by atoms with van der Waals surface area (Å²) in [5, 5.41) is 9.08. The Morgan fingerprint density at radius 1 is 1.38 bits per heavy atom. The lowest BCUT2D eigenvalue weighted by molar-refractivity contribution is -0.138. The lowest BCUT2D eigenvalue weighted by Crippen LogP contribution is -2.24. The number of amides is 1. The van der Waals surface area contributed by atoms with Crippen LogP contribution in [0.5, 0.6) is 0 Å². The van der Waals surface area contributed by atoms with Crippen LogP contribution >= 0.6 is 0 Å². The normalized spacial score (nSPS) is 12.9. The van der Waals surface area contributed by atoms with Gasteiger partial charge in [-0.2, -0.15) is 18.2 Å². The number of hydrogen-bond acceptors (Lipinski definition) is 2. The van der Waals surface area contributed by atoms with Crippen LogP contribution < -0.4 is 11.5 Å². The third-order valence-corrected chi connectivity index (χ3v) is 2.97. The van der Waals surface area contributed by atoms with Gasteiger partial charge in [0, 0.05) is 18.1 Å². The molecule has 1 unspecified atom stereocenters. The molecule has 1 atom stereocenters. The second-order valence-electron chi connectivity index (χ2n) is 4.68. The zero-order valence-electron chi connectivity index (χ0n) is 11.5. The summed E-state index contributed by atoms with van der Waals surface area (Å²) in [5.74, 6) is -2.19. The number of alkyl halides is 3. The van der Waals surface area contributed by atoms with Gasteiger partial charge in [-0.1, -0.05) is 13.0 Å². The first-order valence-electron chi connectivity index (χ1n) is 6.04. The summed E-state index contributed by atoms with van der Waals surface area (Å²) in [5.41, 5.74) is 9.12. The molecule has 1 rings (SSSR count). The maximum absolute atomic E-state index is 13.1. The first-order chi connectivity index (χ1) is 9.57. The van der Waals surface area contributed by atoms with Crippen molar-refractivity contribution >= 4 is 11.9 Å². The summed E-state index contributed by atoms with van der Waals surface area (Å²) >= 11 is 0. The Morgan fingerprint density at radius 2 is 1.95 bits per heavy atom. The van der Waals surface area contributed by atoms with Crippen LogP contribution in [0.3, 0.4) is 0 Å². The Balaban J connectivity index is 3.52. The van der Waals surface area contributed by atoms with Gasteiger partial charge in [0.1, 0.15) is 0 Å². The summed E-state index contributed by atoms with van der Waals surface area (Å²) in [7, 11) is 0. The predicted octanol–water partition coefficient (Wildman–Crippen LogP) is 1.52. The van der Waals surface area contributed by atoms with Crippen LogP contribution in [0.25, 0.3) is 0 Å². The minimum Gasteiger partial charge on any atom is -0.396 e. The monoisotopic (exact) mass is 303 g/mol. The zero-order valence-corrected chi connectivity index (χ0v) is 11.5. The molecule has 8 heteroatoms. The van der Waals surface area contributed by atoms with Gasteiger partial charge in [-0.05, 0) is 24.1 Å². The van der Waals surface area contributed by atoms with Crippen LogP contribution in [0.15, 0.2) is 17.1 Å². The SMILES string of the molecule is Cc1cc(C(C)CO)c(C(F)(F)F)cc1C(=O)N=C(N)N. The van der Waals surface area contributed by atoms with Crippen LogP contribution in [0.2, 0.25) is 0 Å². The van der Waals surface area contributed by atoms with Gasteiger partial charge >= 0.3 is 6.18 Å². The lowest BCUT2D eigenvalue weighted by Gasteiger charge is -2.19. The highest BCUT2D eigenvalue weighted by molar-refractivity contribution is 6.03. The van der Waals surface area contributed by atoms with Gasteiger partial charge in [-0.15, -0.1) is 0 Å². The lowest BCUT2D eigenvalue weighted by atomic mass is 9.91. The van der Waals surface area contributed by atoms with E-state index in [0.29, 0.717) is 11.6 Å². The molecular weight excluding hydrogens is 287 g/mol. The summed E-state index contributed by atoms with van der Waals surface area (Å²) in [6, 6.07) is 1.94. The molecule has 0 spiro atoms. The highest BCUT2D eigenvalue weighted by Gasteiger charge is 2.35. The molecule has 1 aromatic rings. The quantitative estimate of drug-likeness (QED) is 0.582. The molecule has 0 aliphatic carbocycles. The summed E-state index contributed by atoms with van der Waals surface area (Å²) in [4.78, 5) is 15.0. The number of carbonyl (C=O) groups is 1. The number of carbonyl (C=O) groups excluding carboxylic acids is 1.